The van der Waals surface area contributed by atoms with Crippen LogP contribution in [0.5, 0.6) is 0 Å². The molecular weight excluding hydrogens is 208 g/mol. The smallest absolute Gasteiger partial charge is 0.178 e. The molecule has 0 aromatic heterocycles. The summed E-state index contributed by atoms with van der Waals surface area (Å²) in [6.07, 6.45) is 2.36. The Kier molecular flexibility index (Phi) is 4.33. The Morgan fingerprint density at radius 2 is 1.73 bits per heavy atom. The van der Waals surface area contributed by atoms with E-state index in [-0.39, 0.29) is 5.75 Å². The van der Waals surface area contributed by atoms with E-state index in [0.29, 0.717) is 11.3 Å². The molecule has 2 nitrogen and oxygen atoms in total. The molecule has 0 N–H and O–H groups in total. The summed E-state index contributed by atoms with van der Waals surface area (Å²) in [7, 11) is -3.08. The van der Waals surface area contributed by atoms with Crippen molar-refractivity contribution in [3.05, 3.63) is 36.8 Å². The first-order valence-electron chi connectivity index (χ1n) is 5.15. The molecule has 0 atom stereocenters. The molecule has 1 aromatic rings. The average molecular weight is 225 g/mol. The molecule has 83 valence electrons. The maximum absolute atomic E-state index is 11.8. The molecule has 0 saturated carbocycles. The van der Waals surface area contributed by atoms with Crippen LogP contribution in [0.3, 0.4) is 0 Å². The minimum absolute atomic E-state index is 0.228. The Labute approximate surface area is 92.2 Å². The molecule has 0 amide bonds. The normalized spacial score (nSPS) is 11.6. The van der Waals surface area contributed by atoms with Crippen molar-refractivity contribution in [3.63, 3.8) is 0 Å². The first kappa shape index (κ1) is 12.2. The number of unbranched alkanes of at least 4 members (excludes halogenated alkanes) is 2. The lowest BCUT2D eigenvalue weighted by atomic mass is 10.2. The maximum atomic E-state index is 11.8. The number of aryl methyl sites for hydroxylation is 1. The monoisotopic (exact) mass is 225 g/mol. The molecule has 1 rings (SSSR count). The Morgan fingerprint density at radius 3 is 2.27 bits per heavy atom. The summed E-state index contributed by atoms with van der Waals surface area (Å²) in [5.41, 5.74) is 1.08. The topological polar surface area (TPSA) is 34.1 Å². The van der Waals surface area contributed by atoms with Crippen molar-refractivity contribution in [3.8, 4) is 0 Å². The second-order valence-corrected chi connectivity index (χ2v) is 5.80. The lowest BCUT2D eigenvalue weighted by Gasteiger charge is -2.04. The Balaban J connectivity index is 2.73. The van der Waals surface area contributed by atoms with E-state index in [4.69, 9.17) is 0 Å². The zero-order valence-corrected chi connectivity index (χ0v) is 9.89. The lowest BCUT2D eigenvalue weighted by molar-refractivity contribution is 0.591. The SMILES string of the molecule is [CH2]CCCCS(=O)(=O)c1ccc(C)cc1. The molecule has 0 fully saturated rings. The minimum atomic E-state index is -3.08. The number of rotatable bonds is 5. The van der Waals surface area contributed by atoms with Gasteiger partial charge in [0.25, 0.3) is 0 Å². The van der Waals surface area contributed by atoms with E-state index in [9.17, 15) is 8.42 Å². The van der Waals surface area contributed by atoms with Crippen molar-refractivity contribution in [2.24, 2.45) is 0 Å². The second-order valence-electron chi connectivity index (χ2n) is 3.69. The van der Waals surface area contributed by atoms with Crippen molar-refractivity contribution in [2.45, 2.75) is 31.1 Å². The van der Waals surface area contributed by atoms with Gasteiger partial charge in [-0.2, -0.15) is 0 Å². The van der Waals surface area contributed by atoms with Gasteiger partial charge in [-0.3, -0.25) is 0 Å². The van der Waals surface area contributed by atoms with E-state index in [1.807, 2.05) is 19.1 Å². The van der Waals surface area contributed by atoms with Gasteiger partial charge >= 0.3 is 0 Å². The third kappa shape index (κ3) is 3.67. The average Bonchev–Trinajstić information content (AvgIpc) is 2.18. The van der Waals surface area contributed by atoms with Gasteiger partial charge in [0.1, 0.15) is 0 Å². The van der Waals surface area contributed by atoms with Gasteiger partial charge in [0, 0.05) is 0 Å². The second kappa shape index (κ2) is 5.31. The highest BCUT2D eigenvalue weighted by atomic mass is 32.2. The molecule has 0 heterocycles. The number of sulfone groups is 1. The van der Waals surface area contributed by atoms with Crippen LogP contribution in [-0.2, 0) is 9.84 Å². The standard InChI is InChI=1S/C12H17O2S/c1-3-4-5-10-15(13,14)12-8-6-11(2)7-9-12/h6-9H,1,3-5,10H2,2H3. The molecule has 0 unspecified atom stereocenters. The van der Waals surface area contributed by atoms with E-state index >= 15 is 0 Å². The predicted octanol–water partition coefficient (Wildman–Crippen LogP) is 2.77. The van der Waals surface area contributed by atoms with Gasteiger partial charge in [0.15, 0.2) is 9.84 Å². The summed E-state index contributed by atoms with van der Waals surface area (Å²) in [6.45, 7) is 5.64. The van der Waals surface area contributed by atoms with E-state index < -0.39 is 9.84 Å². The van der Waals surface area contributed by atoms with E-state index in [1.165, 1.54) is 0 Å². The van der Waals surface area contributed by atoms with Crippen LogP contribution in [-0.4, -0.2) is 14.2 Å². The fraction of sp³-hybridized carbons (Fsp3) is 0.417. The minimum Gasteiger partial charge on any atom is -0.224 e. The van der Waals surface area contributed by atoms with Crippen LogP contribution < -0.4 is 0 Å². The molecule has 0 saturated heterocycles. The third-order valence-corrected chi connectivity index (χ3v) is 4.11. The number of hydrogen-bond acceptors (Lipinski definition) is 2. The van der Waals surface area contributed by atoms with Crippen molar-refractivity contribution >= 4 is 9.84 Å². The molecule has 0 aliphatic heterocycles. The quantitative estimate of drug-likeness (QED) is 0.722. The van der Waals surface area contributed by atoms with Gasteiger partial charge in [-0.25, -0.2) is 8.42 Å². The molecule has 0 bridgehead atoms. The predicted molar refractivity (Wildman–Crippen MR) is 62.4 cm³/mol. The molecule has 0 spiro atoms. The summed E-state index contributed by atoms with van der Waals surface area (Å²) in [6, 6.07) is 7.01. The zero-order chi connectivity index (χ0) is 11.3. The van der Waals surface area contributed by atoms with Crippen molar-refractivity contribution in [2.75, 3.05) is 5.75 Å². The Morgan fingerprint density at radius 1 is 1.13 bits per heavy atom. The fourth-order valence-electron chi connectivity index (χ4n) is 1.33. The van der Waals surface area contributed by atoms with Crippen molar-refractivity contribution < 1.29 is 8.42 Å². The van der Waals surface area contributed by atoms with Crippen LogP contribution in [0.15, 0.2) is 29.2 Å². The summed E-state index contributed by atoms with van der Waals surface area (Å²) < 4.78 is 23.6. The first-order chi connectivity index (χ1) is 7.06. The molecule has 1 radical (unpaired) electrons. The zero-order valence-electron chi connectivity index (χ0n) is 9.07. The highest BCUT2D eigenvalue weighted by Crippen LogP contribution is 2.13. The van der Waals surface area contributed by atoms with Gasteiger partial charge in [-0.05, 0) is 25.5 Å². The van der Waals surface area contributed by atoms with Gasteiger partial charge in [-0.15, -0.1) is 0 Å². The molecule has 3 heteroatoms. The van der Waals surface area contributed by atoms with Crippen LogP contribution in [0, 0.1) is 13.8 Å². The van der Waals surface area contributed by atoms with Gasteiger partial charge in [0.2, 0.25) is 0 Å². The van der Waals surface area contributed by atoms with E-state index in [1.54, 1.807) is 12.1 Å². The number of benzene rings is 1. The molecular formula is C12H17O2S. The highest BCUT2D eigenvalue weighted by molar-refractivity contribution is 7.91. The van der Waals surface area contributed by atoms with Crippen LogP contribution >= 0.6 is 0 Å². The summed E-state index contributed by atoms with van der Waals surface area (Å²) in [5.74, 6) is 0.228. The number of hydrogen-bond donors (Lipinski definition) is 0. The fourth-order valence-corrected chi connectivity index (χ4v) is 2.70. The maximum Gasteiger partial charge on any atom is 0.178 e. The lowest BCUT2D eigenvalue weighted by Crippen LogP contribution is -2.06. The van der Waals surface area contributed by atoms with E-state index in [0.717, 1.165) is 18.4 Å². The first-order valence-corrected chi connectivity index (χ1v) is 6.80. The van der Waals surface area contributed by atoms with Crippen molar-refractivity contribution in [1.82, 2.24) is 0 Å². The van der Waals surface area contributed by atoms with E-state index in [2.05, 4.69) is 6.92 Å². The van der Waals surface area contributed by atoms with Gasteiger partial charge in [-0.1, -0.05) is 37.5 Å². The summed E-state index contributed by atoms with van der Waals surface area (Å²) in [5, 5.41) is 0. The van der Waals surface area contributed by atoms with Gasteiger partial charge < -0.3 is 0 Å². The Hall–Kier alpha value is -0.830. The van der Waals surface area contributed by atoms with Crippen LogP contribution in [0.2, 0.25) is 0 Å². The summed E-state index contributed by atoms with van der Waals surface area (Å²) in [4.78, 5) is 0.428. The molecule has 0 aliphatic carbocycles. The van der Waals surface area contributed by atoms with Crippen molar-refractivity contribution in [1.29, 1.82) is 0 Å². The van der Waals surface area contributed by atoms with Crippen LogP contribution in [0.1, 0.15) is 24.8 Å². The Bertz CT molecular complexity index is 390. The van der Waals surface area contributed by atoms with Crippen LogP contribution in [0.4, 0.5) is 0 Å². The summed E-state index contributed by atoms with van der Waals surface area (Å²) >= 11 is 0. The third-order valence-electron chi connectivity index (χ3n) is 2.29. The highest BCUT2D eigenvalue weighted by Gasteiger charge is 2.12. The molecule has 15 heavy (non-hydrogen) atoms. The largest absolute Gasteiger partial charge is 0.224 e. The molecule has 0 aliphatic rings. The van der Waals surface area contributed by atoms with Gasteiger partial charge in [0.05, 0.1) is 10.6 Å². The van der Waals surface area contributed by atoms with Crippen LogP contribution in [0.25, 0.3) is 0 Å². The molecule has 1 aromatic carbocycles.